The van der Waals surface area contributed by atoms with Gasteiger partial charge in [-0.2, -0.15) is 0 Å². The van der Waals surface area contributed by atoms with Crippen LogP contribution in [0, 0.1) is 13.8 Å². The summed E-state index contributed by atoms with van der Waals surface area (Å²) in [6.07, 6.45) is 3.45. The van der Waals surface area contributed by atoms with E-state index >= 15 is 0 Å². The van der Waals surface area contributed by atoms with Crippen molar-refractivity contribution in [3.8, 4) is 0 Å². The summed E-state index contributed by atoms with van der Waals surface area (Å²) in [7, 11) is 0. The first-order valence-corrected chi connectivity index (χ1v) is 6.95. The number of hydrogen-bond donors (Lipinski definition) is 1. The Bertz CT molecular complexity index is 762. The van der Waals surface area contributed by atoms with Crippen LogP contribution in [-0.4, -0.2) is 15.5 Å². The number of fused-ring (bicyclic) bond motifs is 1. The number of aromatic nitrogens is 2. The molecule has 0 aliphatic carbocycles. The molecule has 0 saturated heterocycles. The van der Waals surface area contributed by atoms with Crippen molar-refractivity contribution in [3.63, 3.8) is 0 Å². The first kappa shape index (κ1) is 12.8. The summed E-state index contributed by atoms with van der Waals surface area (Å²) < 4.78 is 9.22. The highest BCUT2D eigenvalue weighted by molar-refractivity contribution is 7.10. The van der Waals surface area contributed by atoms with Crippen LogP contribution in [0.1, 0.15) is 16.7 Å². The molecule has 5 nitrogen and oxygen atoms in total. The van der Waals surface area contributed by atoms with E-state index in [0.29, 0.717) is 5.00 Å². The van der Waals surface area contributed by atoms with Crippen molar-refractivity contribution < 1.29 is 9.21 Å². The SMILES string of the molecule is Cc1cc2occ(CC(=O)Nc3cnns3)c2cc1C. The van der Waals surface area contributed by atoms with Crippen LogP contribution in [0.25, 0.3) is 11.0 Å². The second-order valence-corrected chi connectivity index (χ2v) is 5.49. The van der Waals surface area contributed by atoms with Gasteiger partial charge in [0.15, 0.2) is 0 Å². The predicted octanol–water partition coefficient (Wildman–Crippen LogP) is 3.08. The van der Waals surface area contributed by atoms with E-state index < -0.39 is 0 Å². The van der Waals surface area contributed by atoms with E-state index in [4.69, 9.17) is 4.42 Å². The van der Waals surface area contributed by atoms with Crippen LogP contribution in [0.15, 0.2) is 29.0 Å². The van der Waals surface area contributed by atoms with Crippen molar-refractivity contribution in [2.75, 3.05) is 5.32 Å². The summed E-state index contributed by atoms with van der Waals surface area (Å²) in [4.78, 5) is 12.0. The number of benzene rings is 1. The van der Waals surface area contributed by atoms with Crippen molar-refractivity contribution >= 4 is 33.4 Å². The summed E-state index contributed by atoms with van der Waals surface area (Å²) in [5.41, 5.74) is 4.07. The van der Waals surface area contributed by atoms with E-state index in [-0.39, 0.29) is 12.3 Å². The molecule has 3 aromatic rings. The highest BCUT2D eigenvalue weighted by atomic mass is 32.1. The van der Waals surface area contributed by atoms with E-state index in [1.54, 1.807) is 6.26 Å². The van der Waals surface area contributed by atoms with E-state index in [1.165, 1.54) is 17.3 Å². The van der Waals surface area contributed by atoms with Gasteiger partial charge in [-0.1, -0.05) is 4.49 Å². The Morgan fingerprint density at radius 2 is 2.15 bits per heavy atom. The van der Waals surface area contributed by atoms with Crippen molar-refractivity contribution in [3.05, 3.63) is 41.3 Å². The van der Waals surface area contributed by atoms with Gasteiger partial charge in [0.25, 0.3) is 0 Å². The molecule has 0 fully saturated rings. The number of carbonyl (C=O) groups is 1. The number of furan rings is 1. The molecule has 2 heterocycles. The number of nitrogens with zero attached hydrogens (tertiary/aromatic N) is 2. The zero-order chi connectivity index (χ0) is 14.1. The lowest BCUT2D eigenvalue weighted by atomic mass is 10.0. The number of hydrogen-bond acceptors (Lipinski definition) is 5. The topological polar surface area (TPSA) is 68.0 Å². The van der Waals surface area contributed by atoms with Crippen molar-refractivity contribution in [2.45, 2.75) is 20.3 Å². The molecular weight excluding hydrogens is 274 g/mol. The van der Waals surface area contributed by atoms with Crippen LogP contribution < -0.4 is 5.32 Å². The molecule has 2 aromatic heterocycles. The van der Waals surface area contributed by atoms with Gasteiger partial charge in [0.05, 0.1) is 18.9 Å². The van der Waals surface area contributed by atoms with Gasteiger partial charge in [-0.15, -0.1) is 5.10 Å². The summed E-state index contributed by atoms with van der Waals surface area (Å²) >= 11 is 1.16. The molecule has 0 saturated carbocycles. The van der Waals surface area contributed by atoms with E-state index in [9.17, 15) is 4.79 Å². The van der Waals surface area contributed by atoms with E-state index in [0.717, 1.165) is 28.1 Å². The first-order chi connectivity index (χ1) is 9.63. The Balaban J connectivity index is 1.84. The standard InChI is InChI=1S/C14H13N3O2S/c1-8-3-11-10(7-19-12(11)4-9(8)2)5-13(18)16-14-6-15-17-20-14/h3-4,6-7H,5H2,1-2H3,(H,16,18). The summed E-state index contributed by atoms with van der Waals surface area (Å²) in [6, 6.07) is 4.06. The van der Waals surface area contributed by atoms with Gasteiger partial charge in [0.1, 0.15) is 10.6 Å². The molecule has 102 valence electrons. The lowest BCUT2D eigenvalue weighted by Crippen LogP contribution is -2.13. The Morgan fingerprint density at radius 1 is 1.35 bits per heavy atom. The molecule has 1 aromatic carbocycles. The number of aryl methyl sites for hydroxylation is 2. The number of carbonyl (C=O) groups excluding carboxylic acids is 1. The van der Waals surface area contributed by atoms with Crippen molar-refractivity contribution in [1.82, 2.24) is 9.59 Å². The largest absolute Gasteiger partial charge is 0.464 e. The molecule has 0 bridgehead atoms. The maximum Gasteiger partial charge on any atom is 0.229 e. The Kier molecular flexibility index (Phi) is 3.23. The first-order valence-electron chi connectivity index (χ1n) is 6.18. The van der Waals surface area contributed by atoms with Crippen LogP contribution in [0.5, 0.6) is 0 Å². The summed E-state index contributed by atoms with van der Waals surface area (Å²) in [5, 5.41) is 8.08. The quantitative estimate of drug-likeness (QED) is 0.803. The molecule has 0 aliphatic heterocycles. The maximum absolute atomic E-state index is 12.0. The maximum atomic E-state index is 12.0. The van der Waals surface area contributed by atoms with Gasteiger partial charge >= 0.3 is 0 Å². The molecule has 0 aliphatic rings. The minimum absolute atomic E-state index is 0.100. The fourth-order valence-electron chi connectivity index (χ4n) is 2.05. The van der Waals surface area contributed by atoms with Gasteiger partial charge < -0.3 is 9.73 Å². The van der Waals surface area contributed by atoms with Crippen LogP contribution in [0.3, 0.4) is 0 Å². The van der Waals surface area contributed by atoms with Crippen molar-refractivity contribution in [1.29, 1.82) is 0 Å². The summed E-state index contributed by atoms with van der Waals surface area (Å²) in [6.45, 7) is 4.09. The van der Waals surface area contributed by atoms with Crippen molar-refractivity contribution in [2.24, 2.45) is 0 Å². The molecule has 1 N–H and O–H groups in total. The zero-order valence-electron chi connectivity index (χ0n) is 11.1. The average molecular weight is 287 g/mol. The Morgan fingerprint density at radius 3 is 2.90 bits per heavy atom. The number of nitrogens with one attached hydrogen (secondary N) is 1. The monoisotopic (exact) mass is 287 g/mol. The van der Waals surface area contributed by atoms with Gasteiger partial charge in [0, 0.05) is 22.5 Å². The molecule has 0 atom stereocenters. The zero-order valence-corrected chi connectivity index (χ0v) is 12.0. The molecule has 1 amide bonds. The van der Waals surface area contributed by atoms with Crippen LogP contribution in [-0.2, 0) is 11.2 Å². The second-order valence-electron chi connectivity index (χ2n) is 4.70. The minimum atomic E-state index is -0.100. The molecule has 3 rings (SSSR count). The number of anilines is 1. The van der Waals surface area contributed by atoms with Gasteiger partial charge in [0.2, 0.25) is 5.91 Å². The second kappa shape index (κ2) is 5.05. The van der Waals surface area contributed by atoms with E-state index in [1.807, 2.05) is 13.0 Å². The number of rotatable bonds is 3. The van der Waals surface area contributed by atoms with E-state index in [2.05, 4.69) is 27.9 Å². The molecule has 0 spiro atoms. The Hall–Kier alpha value is -2.21. The van der Waals surface area contributed by atoms with Gasteiger partial charge in [-0.3, -0.25) is 4.79 Å². The average Bonchev–Trinajstić information content (AvgIpc) is 3.02. The third-order valence-electron chi connectivity index (χ3n) is 3.24. The summed E-state index contributed by atoms with van der Waals surface area (Å²) in [5.74, 6) is -0.100. The molecule has 0 radical (unpaired) electrons. The molecule has 20 heavy (non-hydrogen) atoms. The van der Waals surface area contributed by atoms with Gasteiger partial charge in [-0.25, -0.2) is 0 Å². The third-order valence-corrected chi connectivity index (χ3v) is 3.83. The fourth-order valence-corrected chi connectivity index (χ4v) is 2.49. The highest BCUT2D eigenvalue weighted by Crippen LogP contribution is 2.25. The molecule has 6 heteroatoms. The predicted molar refractivity (Wildman–Crippen MR) is 77.9 cm³/mol. The molecule has 0 unspecified atom stereocenters. The minimum Gasteiger partial charge on any atom is -0.464 e. The lowest BCUT2D eigenvalue weighted by molar-refractivity contribution is -0.115. The fraction of sp³-hybridized carbons (Fsp3) is 0.214. The third kappa shape index (κ3) is 2.42. The highest BCUT2D eigenvalue weighted by Gasteiger charge is 2.12. The van der Waals surface area contributed by atoms with Crippen LogP contribution in [0.2, 0.25) is 0 Å². The normalized spacial score (nSPS) is 10.9. The number of amides is 1. The lowest BCUT2D eigenvalue weighted by Gasteiger charge is -2.02. The molecular formula is C14H13N3O2S. The van der Waals surface area contributed by atoms with Gasteiger partial charge in [-0.05, 0) is 37.1 Å². The van der Waals surface area contributed by atoms with Crippen LogP contribution in [0.4, 0.5) is 5.00 Å². The van der Waals surface area contributed by atoms with Crippen LogP contribution >= 0.6 is 11.5 Å². The smallest absolute Gasteiger partial charge is 0.229 e. The Labute approximate surface area is 119 Å².